The third-order valence-electron chi connectivity index (χ3n) is 5.12. The SMILES string of the molecule is C[C@H]1CN(C(=O)NCCc2cnc(C3CC3)nc2)C[C@]2(CCOC2)O1. The number of aromatic nitrogens is 2. The van der Waals surface area contributed by atoms with Gasteiger partial charge in [-0.15, -0.1) is 0 Å². The van der Waals surface area contributed by atoms with Crippen molar-refractivity contribution in [1.82, 2.24) is 20.2 Å². The second kappa shape index (κ2) is 6.88. The molecule has 2 amide bonds. The third-order valence-corrected chi connectivity index (χ3v) is 5.12. The van der Waals surface area contributed by atoms with Gasteiger partial charge in [0.05, 0.1) is 19.3 Å². The van der Waals surface area contributed by atoms with Gasteiger partial charge < -0.3 is 19.7 Å². The molecule has 0 unspecified atom stereocenters. The zero-order chi connectivity index (χ0) is 17.3. The van der Waals surface area contributed by atoms with E-state index in [0.29, 0.717) is 38.8 Å². The zero-order valence-electron chi connectivity index (χ0n) is 14.7. The van der Waals surface area contributed by atoms with Gasteiger partial charge in [-0.3, -0.25) is 0 Å². The molecule has 1 aliphatic carbocycles. The minimum atomic E-state index is -0.318. The molecule has 3 aliphatic rings. The van der Waals surface area contributed by atoms with E-state index in [9.17, 15) is 4.79 Å². The first kappa shape index (κ1) is 16.7. The van der Waals surface area contributed by atoms with Crippen molar-refractivity contribution in [3.05, 3.63) is 23.8 Å². The number of amides is 2. The molecule has 7 nitrogen and oxygen atoms in total. The summed E-state index contributed by atoms with van der Waals surface area (Å²) in [4.78, 5) is 23.2. The van der Waals surface area contributed by atoms with Crippen molar-refractivity contribution in [2.45, 2.75) is 50.2 Å². The summed E-state index contributed by atoms with van der Waals surface area (Å²) in [6.45, 7) is 5.10. The van der Waals surface area contributed by atoms with E-state index in [1.54, 1.807) is 0 Å². The first-order valence-electron chi connectivity index (χ1n) is 9.23. The van der Waals surface area contributed by atoms with Crippen LogP contribution in [0.4, 0.5) is 4.79 Å². The Balaban J connectivity index is 1.26. The van der Waals surface area contributed by atoms with Gasteiger partial charge in [-0.1, -0.05) is 0 Å². The van der Waals surface area contributed by atoms with Crippen LogP contribution in [-0.2, 0) is 15.9 Å². The lowest BCUT2D eigenvalue weighted by Gasteiger charge is -2.42. The lowest BCUT2D eigenvalue weighted by atomic mass is 9.99. The van der Waals surface area contributed by atoms with Crippen molar-refractivity contribution in [3.8, 4) is 0 Å². The smallest absolute Gasteiger partial charge is 0.317 e. The largest absolute Gasteiger partial charge is 0.378 e. The van der Waals surface area contributed by atoms with Gasteiger partial charge in [0, 0.05) is 44.4 Å². The van der Waals surface area contributed by atoms with Crippen molar-refractivity contribution >= 4 is 6.03 Å². The summed E-state index contributed by atoms with van der Waals surface area (Å²) in [5.41, 5.74) is 0.738. The number of ether oxygens (including phenoxy) is 2. The topological polar surface area (TPSA) is 76.6 Å². The van der Waals surface area contributed by atoms with E-state index in [4.69, 9.17) is 9.47 Å². The third kappa shape index (κ3) is 3.93. The van der Waals surface area contributed by atoms with E-state index in [-0.39, 0.29) is 17.7 Å². The fourth-order valence-electron chi connectivity index (χ4n) is 3.66. The Labute approximate surface area is 148 Å². The monoisotopic (exact) mass is 346 g/mol. The number of rotatable bonds is 4. The highest BCUT2D eigenvalue weighted by molar-refractivity contribution is 5.74. The van der Waals surface area contributed by atoms with E-state index in [0.717, 1.165) is 24.2 Å². The highest BCUT2D eigenvalue weighted by atomic mass is 16.6. The molecule has 136 valence electrons. The highest BCUT2D eigenvalue weighted by Crippen LogP contribution is 2.37. The van der Waals surface area contributed by atoms with Crippen LogP contribution < -0.4 is 5.32 Å². The number of carbonyl (C=O) groups is 1. The summed E-state index contributed by atoms with van der Waals surface area (Å²) in [7, 11) is 0. The van der Waals surface area contributed by atoms with Crippen LogP contribution >= 0.6 is 0 Å². The van der Waals surface area contributed by atoms with Gasteiger partial charge in [-0.25, -0.2) is 14.8 Å². The molecule has 3 fully saturated rings. The molecule has 25 heavy (non-hydrogen) atoms. The van der Waals surface area contributed by atoms with Crippen LogP contribution in [0.2, 0.25) is 0 Å². The number of morpholine rings is 1. The molecule has 1 aromatic rings. The maximum atomic E-state index is 12.5. The molecule has 7 heteroatoms. The van der Waals surface area contributed by atoms with Gasteiger partial charge in [-0.2, -0.15) is 0 Å². The quantitative estimate of drug-likeness (QED) is 0.894. The Morgan fingerprint density at radius 1 is 1.40 bits per heavy atom. The second-order valence-corrected chi connectivity index (χ2v) is 7.50. The van der Waals surface area contributed by atoms with Crippen LogP contribution in [0.1, 0.15) is 43.5 Å². The molecule has 0 aromatic carbocycles. The summed E-state index contributed by atoms with van der Waals surface area (Å²) >= 11 is 0. The van der Waals surface area contributed by atoms with Crippen LogP contribution in [0, 0.1) is 0 Å². The fraction of sp³-hybridized carbons (Fsp3) is 0.722. The molecule has 0 bridgehead atoms. The molecule has 4 rings (SSSR count). The maximum Gasteiger partial charge on any atom is 0.317 e. The lowest BCUT2D eigenvalue weighted by molar-refractivity contribution is -0.137. The summed E-state index contributed by atoms with van der Waals surface area (Å²) in [6.07, 6.45) is 7.81. The molecule has 2 aliphatic heterocycles. The van der Waals surface area contributed by atoms with Crippen molar-refractivity contribution in [2.24, 2.45) is 0 Å². The molecule has 0 radical (unpaired) electrons. The molecule has 1 N–H and O–H groups in total. The zero-order valence-corrected chi connectivity index (χ0v) is 14.7. The average molecular weight is 346 g/mol. The average Bonchev–Trinajstić information content (AvgIpc) is 3.36. The van der Waals surface area contributed by atoms with Gasteiger partial charge >= 0.3 is 6.03 Å². The Hall–Kier alpha value is -1.73. The number of hydrogen-bond donors (Lipinski definition) is 1. The van der Waals surface area contributed by atoms with E-state index >= 15 is 0 Å². The van der Waals surface area contributed by atoms with E-state index in [2.05, 4.69) is 15.3 Å². The highest BCUT2D eigenvalue weighted by Gasteiger charge is 2.43. The predicted octanol–water partition coefficient (Wildman–Crippen LogP) is 1.49. The van der Waals surface area contributed by atoms with Gasteiger partial charge in [0.1, 0.15) is 11.4 Å². The number of hydrogen-bond acceptors (Lipinski definition) is 5. The summed E-state index contributed by atoms with van der Waals surface area (Å²) in [5, 5.41) is 3.01. The standard InChI is InChI=1S/C18H26N4O3/c1-13-10-22(11-18(25-13)5-7-24-12-18)17(23)19-6-4-14-8-20-16(21-9-14)15-2-3-15/h8-9,13,15H,2-7,10-12H2,1H3,(H,19,23)/t13-,18-/m0/s1. The van der Waals surface area contributed by atoms with Gasteiger partial charge in [0.25, 0.3) is 0 Å². The van der Waals surface area contributed by atoms with Gasteiger partial charge in [-0.05, 0) is 31.7 Å². The normalized spacial score (nSPS) is 29.2. The molecule has 1 spiro atoms. The van der Waals surface area contributed by atoms with Crippen molar-refractivity contribution in [1.29, 1.82) is 0 Å². The first-order chi connectivity index (χ1) is 12.1. The first-order valence-corrected chi connectivity index (χ1v) is 9.23. The fourth-order valence-corrected chi connectivity index (χ4v) is 3.66. The van der Waals surface area contributed by atoms with Crippen molar-refractivity contribution in [3.63, 3.8) is 0 Å². The number of nitrogens with zero attached hydrogens (tertiary/aromatic N) is 3. The number of urea groups is 1. The Morgan fingerprint density at radius 3 is 2.88 bits per heavy atom. The second-order valence-electron chi connectivity index (χ2n) is 7.50. The predicted molar refractivity (Wildman–Crippen MR) is 91.4 cm³/mol. The van der Waals surface area contributed by atoms with Crippen LogP contribution in [0.3, 0.4) is 0 Å². The number of carbonyl (C=O) groups excluding carboxylic acids is 1. The van der Waals surface area contributed by atoms with Gasteiger partial charge in [0.15, 0.2) is 0 Å². The van der Waals surface area contributed by atoms with Crippen LogP contribution in [0.5, 0.6) is 0 Å². The molecule has 1 saturated carbocycles. The van der Waals surface area contributed by atoms with Crippen LogP contribution in [0.15, 0.2) is 12.4 Å². The lowest BCUT2D eigenvalue weighted by Crippen LogP contribution is -2.59. The summed E-state index contributed by atoms with van der Waals surface area (Å²) < 4.78 is 11.5. The van der Waals surface area contributed by atoms with Crippen LogP contribution in [0.25, 0.3) is 0 Å². The molecular formula is C18H26N4O3. The molecule has 2 saturated heterocycles. The molecule has 2 atom stereocenters. The van der Waals surface area contributed by atoms with Gasteiger partial charge in [0.2, 0.25) is 0 Å². The van der Waals surface area contributed by atoms with Crippen molar-refractivity contribution < 1.29 is 14.3 Å². The Kier molecular flexibility index (Phi) is 4.60. The number of nitrogens with one attached hydrogen (secondary N) is 1. The molecule has 1 aromatic heterocycles. The van der Waals surface area contributed by atoms with E-state index in [1.807, 2.05) is 24.2 Å². The molecule has 3 heterocycles. The van der Waals surface area contributed by atoms with Crippen molar-refractivity contribution in [2.75, 3.05) is 32.8 Å². The Bertz CT molecular complexity index is 611. The maximum absolute atomic E-state index is 12.5. The van der Waals surface area contributed by atoms with E-state index < -0.39 is 0 Å². The van der Waals surface area contributed by atoms with E-state index in [1.165, 1.54) is 12.8 Å². The molecular weight excluding hydrogens is 320 g/mol. The summed E-state index contributed by atoms with van der Waals surface area (Å²) in [5.74, 6) is 1.53. The summed E-state index contributed by atoms with van der Waals surface area (Å²) in [6, 6.07) is -0.0306. The minimum absolute atomic E-state index is 0.0306. The van der Waals surface area contributed by atoms with Crippen LogP contribution in [-0.4, -0.2) is 65.5 Å². The Morgan fingerprint density at radius 2 is 2.20 bits per heavy atom. The minimum Gasteiger partial charge on any atom is -0.378 e.